The van der Waals surface area contributed by atoms with Crippen LogP contribution in [0.1, 0.15) is 68.7 Å². The molecule has 1 amide bonds. The molecule has 0 saturated carbocycles. The van der Waals surface area contributed by atoms with E-state index in [4.69, 9.17) is 14.2 Å². The molecule has 0 atom stereocenters. The van der Waals surface area contributed by atoms with Gasteiger partial charge in [-0.2, -0.15) is 26.3 Å². The maximum absolute atomic E-state index is 13.3. The first-order valence-corrected chi connectivity index (χ1v) is 26.5. The number of nitrogens with one attached hydrogen (secondary N) is 1. The number of fused-ring (bicyclic) bond motifs is 2. The summed E-state index contributed by atoms with van der Waals surface area (Å²) in [5.41, 5.74) is 1.37. The number of ether oxygens (including phenoxy) is 3. The largest absolute Gasteiger partial charge is 0.490 e. The van der Waals surface area contributed by atoms with E-state index in [-0.39, 0.29) is 40.0 Å². The van der Waals surface area contributed by atoms with Gasteiger partial charge >= 0.3 is 28.2 Å². The van der Waals surface area contributed by atoms with Crippen LogP contribution in [-0.2, 0) is 30.2 Å². The van der Waals surface area contributed by atoms with Crippen LogP contribution in [0.2, 0.25) is 0 Å². The number of amides is 1. The number of nitrogens with zero attached hydrogens (tertiary/aromatic N) is 7. The molecule has 2 aliphatic rings. The molecular formula is C55H54F6N8O6S2. The Kier molecular flexibility index (Phi) is 16.5. The molecule has 2 saturated heterocycles. The molecule has 1 N–H and O–H groups in total. The van der Waals surface area contributed by atoms with Gasteiger partial charge in [-0.15, -0.1) is 0 Å². The number of carbonyl (C=O) groups is 1. The van der Waals surface area contributed by atoms with Crippen molar-refractivity contribution in [2.75, 3.05) is 39.4 Å². The van der Waals surface area contributed by atoms with Gasteiger partial charge in [-0.25, -0.2) is 24.7 Å². The Labute approximate surface area is 446 Å². The van der Waals surface area contributed by atoms with Crippen LogP contribution < -0.4 is 24.5 Å². The number of benzene rings is 4. The van der Waals surface area contributed by atoms with Crippen molar-refractivity contribution in [3.8, 4) is 34.3 Å². The van der Waals surface area contributed by atoms with Gasteiger partial charge < -0.3 is 24.4 Å². The lowest BCUT2D eigenvalue weighted by atomic mass is 9.98. The Morgan fingerprint density at radius 1 is 0.610 bits per heavy atom. The summed E-state index contributed by atoms with van der Waals surface area (Å²) in [6.07, 6.45) is 1.02. The molecule has 2 aliphatic heterocycles. The van der Waals surface area contributed by atoms with Crippen molar-refractivity contribution in [2.24, 2.45) is 11.8 Å². The maximum Gasteiger partial charge on any atom is 0.416 e. The van der Waals surface area contributed by atoms with Gasteiger partial charge in [-0.1, -0.05) is 59.1 Å². The van der Waals surface area contributed by atoms with E-state index in [2.05, 4.69) is 25.3 Å². The minimum Gasteiger partial charge on any atom is -0.490 e. The van der Waals surface area contributed by atoms with Gasteiger partial charge in [0.1, 0.15) is 5.60 Å². The van der Waals surface area contributed by atoms with Crippen molar-refractivity contribution in [3.63, 3.8) is 0 Å². The fraction of sp³-hybridized carbons (Fsp3) is 0.364. The number of rotatable bonds is 12. The SMILES string of the molecule is CC(C)(C)OC(=O)N1CCC(COc2cnc(-c3cccc(Cn4c(=O)sc5ccc(C(F)(F)F)cc54)c3)nc2)CC1.O=c1sc2ccc(C(F)(F)F)cc2n1Cc1cccc(-c2ncc(OCC3CCNCC3)cn2)c1. The number of likely N-dealkylation sites (tertiary alicyclic amines) is 1. The molecule has 0 bridgehead atoms. The van der Waals surface area contributed by atoms with Gasteiger partial charge in [0.05, 0.1) is 82.7 Å². The minimum absolute atomic E-state index is 0.113. The van der Waals surface area contributed by atoms with Crippen molar-refractivity contribution in [2.45, 2.75) is 77.5 Å². The van der Waals surface area contributed by atoms with E-state index in [0.29, 0.717) is 76.3 Å². The molecule has 6 heterocycles. The zero-order valence-electron chi connectivity index (χ0n) is 42.2. The smallest absolute Gasteiger partial charge is 0.416 e. The highest BCUT2D eigenvalue weighted by molar-refractivity contribution is 7.16. The van der Waals surface area contributed by atoms with Crippen molar-refractivity contribution >= 4 is 49.2 Å². The third kappa shape index (κ3) is 14.1. The van der Waals surface area contributed by atoms with E-state index < -0.39 is 29.1 Å². The first kappa shape index (κ1) is 54.6. The fourth-order valence-electron chi connectivity index (χ4n) is 8.92. The minimum atomic E-state index is -4.50. The monoisotopic (exact) mass is 1100 g/mol. The maximum atomic E-state index is 13.3. The molecule has 14 nitrogen and oxygen atoms in total. The Morgan fingerprint density at radius 2 is 1.04 bits per heavy atom. The normalized spacial score (nSPS) is 14.8. The number of alkyl halides is 6. The van der Waals surface area contributed by atoms with E-state index in [1.54, 1.807) is 41.8 Å². The van der Waals surface area contributed by atoms with Gasteiger partial charge in [0, 0.05) is 24.2 Å². The third-order valence-electron chi connectivity index (χ3n) is 13.0. The quantitative estimate of drug-likeness (QED) is 0.116. The average Bonchev–Trinajstić information content (AvgIpc) is 3.93. The van der Waals surface area contributed by atoms with Crippen LogP contribution >= 0.6 is 22.7 Å². The summed E-state index contributed by atoms with van der Waals surface area (Å²) in [6, 6.07) is 21.3. The number of hydrogen-bond acceptors (Lipinski definition) is 13. The zero-order chi connectivity index (χ0) is 54.5. The first-order chi connectivity index (χ1) is 36.7. The summed E-state index contributed by atoms with van der Waals surface area (Å²) in [5.74, 6) is 2.92. The van der Waals surface area contributed by atoms with Crippen LogP contribution in [0.15, 0.2) is 119 Å². The van der Waals surface area contributed by atoms with Gasteiger partial charge in [-0.3, -0.25) is 18.7 Å². The summed E-state index contributed by atoms with van der Waals surface area (Å²) >= 11 is 1.85. The molecule has 2 fully saturated rings. The molecule has 0 radical (unpaired) electrons. The lowest BCUT2D eigenvalue weighted by Crippen LogP contribution is -2.42. The van der Waals surface area contributed by atoms with Crippen LogP contribution in [0, 0.1) is 11.8 Å². The molecule has 404 valence electrons. The molecule has 4 aromatic heterocycles. The van der Waals surface area contributed by atoms with E-state index in [1.807, 2.05) is 57.2 Å². The Morgan fingerprint density at radius 3 is 1.45 bits per heavy atom. The van der Waals surface area contributed by atoms with E-state index in [0.717, 1.165) is 102 Å². The van der Waals surface area contributed by atoms with Crippen LogP contribution in [-0.4, -0.2) is 85.1 Å². The molecule has 8 aromatic rings. The summed E-state index contributed by atoms with van der Waals surface area (Å²) in [7, 11) is 0. The molecule has 4 aromatic carbocycles. The van der Waals surface area contributed by atoms with Crippen molar-refractivity contribution in [3.05, 3.63) is 151 Å². The lowest BCUT2D eigenvalue weighted by molar-refractivity contribution is -0.138. The van der Waals surface area contributed by atoms with Crippen LogP contribution in [0.5, 0.6) is 11.5 Å². The van der Waals surface area contributed by atoms with Gasteiger partial charge in [0.25, 0.3) is 0 Å². The van der Waals surface area contributed by atoms with Gasteiger partial charge in [-0.05, 0) is 131 Å². The number of halogens is 6. The first-order valence-electron chi connectivity index (χ1n) is 24.9. The summed E-state index contributed by atoms with van der Waals surface area (Å²) in [6.45, 7) is 10.2. The molecule has 0 unspecified atom stereocenters. The second-order valence-electron chi connectivity index (χ2n) is 19.9. The van der Waals surface area contributed by atoms with E-state index in [9.17, 15) is 40.7 Å². The van der Waals surface area contributed by atoms with Gasteiger partial charge in [0.2, 0.25) is 0 Å². The molecule has 10 rings (SSSR count). The molecule has 22 heteroatoms. The second-order valence-corrected chi connectivity index (χ2v) is 21.9. The van der Waals surface area contributed by atoms with Crippen molar-refractivity contribution in [1.29, 1.82) is 0 Å². The molecule has 0 spiro atoms. The Hall–Kier alpha value is -7.17. The highest BCUT2D eigenvalue weighted by Crippen LogP contribution is 2.34. The number of piperidine rings is 2. The molecular weight excluding hydrogens is 1050 g/mol. The number of thiazole rings is 2. The van der Waals surface area contributed by atoms with E-state index in [1.165, 1.54) is 21.3 Å². The molecule has 77 heavy (non-hydrogen) atoms. The van der Waals surface area contributed by atoms with Crippen LogP contribution in [0.4, 0.5) is 31.1 Å². The summed E-state index contributed by atoms with van der Waals surface area (Å²) in [4.78, 5) is 56.2. The van der Waals surface area contributed by atoms with Crippen molar-refractivity contribution < 1.29 is 45.3 Å². The number of carbonyl (C=O) groups excluding carboxylic acids is 1. The van der Waals surface area contributed by atoms with Crippen LogP contribution in [0.25, 0.3) is 43.2 Å². The third-order valence-corrected chi connectivity index (χ3v) is 14.9. The van der Waals surface area contributed by atoms with Crippen LogP contribution in [0.3, 0.4) is 0 Å². The van der Waals surface area contributed by atoms with E-state index >= 15 is 0 Å². The lowest BCUT2D eigenvalue weighted by Gasteiger charge is -2.33. The topological polar surface area (TPSA) is 156 Å². The van der Waals surface area contributed by atoms with Crippen molar-refractivity contribution in [1.82, 2.24) is 39.3 Å². The molecule has 0 aliphatic carbocycles. The zero-order valence-corrected chi connectivity index (χ0v) is 43.8. The predicted octanol–water partition coefficient (Wildman–Crippen LogP) is 11.6. The average molecular weight is 1100 g/mol. The summed E-state index contributed by atoms with van der Waals surface area (Å²) in [5, 5.41) is 3.33. The highest BCUT2D eigenvalue weighted by atomic mass is 32.1. The second kappa shape index (κ2) is 23.2. The standard InChI is InChI=1S/C30H31F3N4O4S.C25H23F3N4O2S/c1-29(2,3)41-27(38)36-11-9-19(10-12-36)18-40-23-15-34-26(35-16-23)21-6-4-5-20(13-21)17-37-24-14-22(30(31,32)33)7-8-25(24)42-28(37)39;26-25(27,28)19-4-5-22-21(11-19)32(24(33)35-22)14-17-2-1-3-18(10-17)23-30-12-20(13-31-23)34-15-16-6-8-29-9-7-16/h4-8,13-16,19H,9-12,17-18H2,1-3H3;1-5,10-13,16,29H,6-9,14-15H2. The summed E-state index contributed by atoms with van der Waals surface area (Å²) < 4.78 is 100. The number of aromatic nitrogens is 6. The highest BCUT2D eigenvalue weighted by Gasteiger charge is 2.33. The van der Waals surface area contributed by atoms with Gasteiger partial charge in [0.15, 0.2) is 23.1 Å². The fourth-order valence-corrected chi connectivity index (χ4v) is 10.7. The Balaban J connectivity index is 0.000000191. The predicted molar refractivity (Wildman–Crippen MR) is 282 cm³/mol. The Bertz CT molecular complexity index is 3450. The number of hydrogen-bond donors (Lipinski definition) is 1.